The van der Waals surface area contributed by atoms with Gasteiger partial charge in [0.15, 0.2) is 0 Å². The molecule has 1 aromatic carbocycles. The number of hydrogen-bond acceptors (Lipinski definition) is 3. The molecule has 1 heterocycles. The molecule has 1 N–H and O–H groups in total. The van der Waals surface area contributed by atoms with E-state index in [1.165, 1.54) is 17.0 Å². The van der Waals surface area contributed by atoms with Crippen LogP contribution in [0.2, 0.25) is 0 Å². The van der Waals surface area contributed by atoms with Crippen molar-refractivity contribution in [3.05, 3.63) is 29.6 Å². The largest absolute Gasteiger partial charge is 0.443 e. The van der Waals surface area contributed by atoms with E-state index in [1.54, 1.807) is 26.8 Å². The number of fused-ring (bicyclic) bond motifs is 1. The molecule has 1 amide bonds. The highest BCUT2D eigenvalue weighted by molar-refractivity contribution is 5.89. The van der Waals surface area contributed by atoms with Crippen molar-refractivity contribution in [2.24, 2.45) is 0 Å². The number of anilines is 1. The number of rotatable bonds is 0. The molecular formula is C14H18FNO3. The third-order valence-corrected chi connectivity index (χ3v) is 2.80. The van der Waals surface area contributed by atoms with Crippen molar-refractivity contribution in [1.29, 1.82) is 0 Å². The fraction of sp³-hybridized carbons (Fsp3) is 0.500. The predicted octanol–water partition coefficient (Wildman–Crippen LogP) is 2.48. The molecule has 104 valence electrons. The van der Waals surface area contributed by atoms with Crippen LogP contribution in [-0.4, -0.2) is 29.4 Å². The summed E-state index contributed by atoms with van der Waals surface area (Å²) < 4.78 is 18.5. The zero-order valence-corrected chi connectivity index (χ0v) is 11.3. The number of carbonyl (C=O) groups excluding carboxylic acids is 1. The number of carbonyl (C=O) groups is 1. The van der Waals surface area contributed by atoms with Gasteiger partial charge in [-0.15, -0.1) is 0 Å². The molecule has 4 nitrogen and oxygen atoms in total. The van der Waals surface area contributed by atoms with Crippen LogP contribution in [0.3, 0.4) is 0 Å². The third kappa shape index (κ3) is 3.23. The first-order chi connectivity index (χ1) is 8.76. The SMILES string of the molecule is CC(C)(C)OC(=O)N1CC(O)Cc2cc(F)ccc21. The van der Waals surface area contributed by atoms with Crippen molar-refractivity contribution in [3.8, 4) is 0 Å². The van der Waals surface area contributed by atoms with Gasteiger partial charge in [-0.2, -0.15) is 0 Å². The van der Waals surface area contributed by atoms with E-state index >= 15 is 0 Å². The number of amides is 1. The van der Waals surface area contributed by atoms with Crippen LogP contribution in [-0.2, 0) is 11.2 Å². The summed E-state index contributed by atoms with van der Waals surface area (Å²) in [6.45, 7) is 5.48. The van der Waals surface area contributed by atoms with E-state index in [-0.39, 0.29) is 12.4 Å². The summed E-state index contributed by atoms with van der Waals surface area (Å²) in [6, 6.07) is 4.18. The molecule has 0 aromatic heterocycles. The molecule has 2 rings (SSSR count). The molecule has 1 atom stereocenters. The van der Waals surface area contributed by atoms with Crippen LogP contribution in [0.15, 0.2) is 18.2 Å². The van der Waals surface area contributed by atoms with Gasteiger partial charge >= 0.3 is 6.09 Å². The smallest absolute Gasteiger partial charge is 0.414 e. The van der Waals surface area contributed by atoms with Crippen LogP contribution in [0.5, 0.6) is 0 Å². The molecule has 1 aliphatic heterocycles. The second-order valence-corrected chi connectivity index (χ2v) is 5.72. The van der Waals surface area contributed by atoms with E-state index < -0.39 is 17.8 Å². The molecule has 1 unspecified atom stereocenters. The van der Waals surface area contributed by atoms with Crippen LogP contribution in [0, 0.1) is 5.82 Å². The molecule has 1 aliphatic rings. The first kappa shape index (κ1) is 13.8. The normalized spacial score (nSPS) is 19.0. The first-order valence-corrected chi connectivity index (χ1v) is 6.23. The molecule has 0 spiro atoms. The Hall–Kier alpha value is -1.62. The van der Waals surface area contributed by atoms with Crippen molar-refractivity contribution in [3.63, 3.8) is 0 Å². The summed E-state index contributed by atoms with van der Waals surface area (Å²) in [6.07, 6.45) is -0.896. The maximum Gasteiger partial charge on any atom is 0.414 e. The highest BCUT2D eigenvalue weighted by Crippen LogP contribution is 2.29. The Kier molecular flexibility index (Phi) is 3.49. The predicted molar refractivity (Wildman–Crippen MR) is 69.7 cm³/mol. The molecule has 5 heteroatoms. The lowest BCUT2D eigenvalue weighted by Gasteiger charge is -2.33. The maximum atomic E-state index is 13.2. The van der Waals surface area contributed by atoms with Crippen molar-refractivity contribution < 1.29 is 19.0 Å². The second kappa shape index (κ2) is 4.81. The molecular weight excluding hydrogens is 249 g/mol. The van der Waals surface area contributed by atoms with Crippen LogP contribution in [0.4, 0.5) is 14.9 Å². The van der Waals surface area contributed by atoms with Gasteiger partial charge in [-0.3, -0.25) is 4.90 Å². The Morgan fingerprint density at radius 1 is 1.47 bits per heavy atom. The minimum absolute atomic E-state index is 0.160. The minimum atomic E-state index is -0.707. The highest BCUT2D eigenvalue weighted by atomic mass is 19.1. The van der Waals surface area contributed by atoms with Gasteiger partial charge in [0.05, 0.1) is 18.3 Å². The average molecular weight is 267 g/mol. The molecule has 0 aliphatic carbocycles. The van der Waals surface area contributed by atoms with Gasteiger partial charge in [0, 0.05) is 6.42 Å². The minimum Gasteiger partial charge on any atom is -0.443 e. The molecule has 0 bridgehead atoms. The van der Waals surface area contributed by atoms with Crippen LogP contribution >= 0.6 is 0 Å². The average Bonchev–Trinajstić information content (AvgIpc) is 2.24. The lowest BCUT2D eigenvalue weighted by molar-refractivity contribution is 0.0548. The van der Waals surface area contributed by atoms with Gasteiger partial charge in [-0.25, -0.2) is 9.18 Å². The second-order valence-electron chi connectivity index (χ2n) is 5.72. The van der Waals surface area contributed by atoms with Gasteiger partial charge in [0.25, 0.3) is 0 Å². The van der Waals surface area contributed by atoms with E-state index in [0.717, 1.165) is 0 Å². The summed E-state index contributed by atoms with van der Waals surface area (Å²) in [4.78, 5) is 13.5. The van der Waals surface area contributed by atoms with Crippen molar-refractivity contribution in [1.82, 2.24) is 0 Å². The fourth-order valence-electron chi connectivity index (χ4n) is 2.10. The summed E-state index contributed by atoms with van der Waals surface area (Å²) >= 11 is 0. The lowest BCUT2D eigenvalue weighted by Crippen LogP contribution is -2.45. The number of aliphatic hydroxyl groups excluding tert-OH is 1. The highest BCUT2D eigenvalue weighted by Gasteiger charge is 2.30. The van der Waals surface area contributed by atoms with Gasteiger partial charge in [-0.05, 0) is 44.5 Å². The van der Waals surface area contributed by atoms with E-state index in [0.29, 0.717) is 17.7 Å². The molecule has 19 heavy (non-hydrogen) atoms. The van der Waals surface area contributed by atoms with Gasteiger partial charge in [0.1, 0.15) is 11.4 Å². The van der Waals surface area contributed by atoms with Crippen LogP contribution in [0.1, 0.15) is 26.3 Å². The number of aliphatic hydroxyl groups is 1. The third-order valence-electron chi connectivity index (χ3n) is 2.80. The maximum absolute atomic E-state index is 13.2. The Bertz CT molecular complexity index is 496. The van der Waals surface area contributed by atoms with Crippen LogP contribution in [0.25, 0.3) is 0 Å². The number of hydrogen-bond donors (Lipinski definition) is 1. The van der Waals surface area contributed by atoms with Crippen molar-refractivity contribution in [2.75, 3.05) is 11.4 Å². The summed E-state index contributed by atoms with van der Waals surface area (Å²) in [5.74, 6) is -0.378. The molecule has 1 aromatic rings. The lowest BCUT2D eigenvalue weighted by atomic mass is 10.00. The van der Waals surface area contributed by atoms with Crippen molar-refractivity contribution >= 4 is 11.8 Å². The number of nitrogens with zero attached hydrogens (tertiary/aromatic N) is 1. The Morgan fingerprint density at radius 3 is 2.79 bits per heavy atom. The van der Waals surface area contributed by atoms with Crippen LogP contribution < -0.4 is 4.90 Å². The zero-order chi connectivity index (χ0) is 14.2. The van der Waals surface area contributed by atoms with E-state index in [9.17, 15) is 14.3 Å². The van der Waals surface area contributed by atoms with E-state index in [1.807, 2.05) is 0 Å². The summed E-state index contributed by atoms with van der Waals surface area (Å²) in [5, 5.41) is 9.79. The number of β-amino-alcohol motifs (C(OH)–C–C–N with tert-alkyl or cyclic N) is 1. The zero-order valence-electron chi connectivity index (χ0n) is 11.3. The first-order valence-electron chi connectivity index (χ1n) is 6.23. The quantitative estimate of drug-likeness (QED) is 0.785. The standard InChI is InChI=1S/C14H18FNO3/c1-14(2,3)19-13(18)16-8-11(17)7-9-6-10(15)4-5-12(9)16/h4-6,11,17H,7-8H2,1-3H3. The number of benzene rings is 1. The Balaban J connectivity index is 2.30. The van der Waals surface area contributed by atoms with E-state index in [2.05, 4.69) is 0 Å². The van der Waals surface area contributed by atoms with Gasteiger partial charge < -0.3 is 9.84 Å². The monoisotopic (exact) mass is 267 g/mol. The Labute approximate surface area is 111 Å². The fourth-order valence-corrected chi connectivity index (χ4v) is 2.10. The van der Waals surface area contributed by atoms with E-state index in [4.69, 9.17) is 4.74 Å². The van der Waals surface area contributed by atoms with Gasteiger partial charge in [0.2, 0.25) is 0 Å². The molecule has 0 saturated heterocycles. The number of halogens is 1. The molecule has 0 fully saturated rings. The topological polar surface area (TPSA) is 49.8 Å². The molecule has 0 saturated carbocycles. The summed E-state index contributed by atoms with van der Waals surface area (Å²) in [5.41, 5.74) is 0.602. The number of ether oxygens (including phenoxy) is 1. The molecule has 0 radical (unpaired) electrons. The van der Waals surface area contributed by atoms with Gasteiger partial charge in [-0.1, -0.05) is 0 Å². The Morgan fingerprint density at radius 2 is 2.16 bits per heavy atom. The van der Waals surface area contributed by atoms with Crippen molar-refractivity contribution in [2.45, 2.75) is 38.9 Å². The summed E-state index contributed by atoms with van der Waals surface area (Å²) in [7, 11) is 0.